The molecule has 110 valence electrons. The van der Waals surface area contributed by atoms with Crippen LogP contribution in [0.15, 0.2) is 0 Å². The SMILES string of the molecule is CC1CCC(C=O)(CN(C)CC2CCN(C)C2)CC1. The molecule has 1 heterocycles. The van der Waals surface area contributed by atoms with Crippen molar-refractivity contribution in [2.45, 2.75) is 39.0 Å². The second kappa shape index (κ2) is 6.36. The molecule has 0 N–H and O–H groups in total. The summed E-state index contributed by atoms with van der Waals surface area (Å²) in [7, 11) is 4.40. The maximum absolute atomic E-state index is 11.6. The van der Waals surface area contributed by atoms with Crippen LogP contribution in [-0.2, 0) is 4.79 Å². The Morgan fingerprint density at radius 3 is 2.53 bits per heavy atom. The first-order chi connectivity index (χ1) is 9.03. The van der Waals surface area contributed by atoms with Crippen LogP contribution in [-0.4, -0.2) is 56.4 Å². The molecule has 2 fully saturated rings. The van der Waals surface area contributed by atoms with E-state index in [1.165, 1.54) is 38.6 Å². The predicted octanol–water partition coefficient (Wildman–Crippen LogP) is 2.27. The van der Waals surface area contributed by atoms with Gasteiger partial charge < -0.3 is 14.6 Å². The van der Waals surface area contributed by atoms with Gasteiger partial charge in [-0.1, -0.05) is 6.92 Å². The van der Waals surface area contributed by atoms with E-state index in [-0.39, 0.29) is 5.41 Å². The Kier molecular flexibility index (Phi) is 5.02. The molecular formula is C16H30N2O. The maximum Gasteiger partial charge on any atom is 0.127 e. The number of aldehydes is 1. The van der Waals surface area contributed by atoms with Crippen molar-refractivity contribution in [1.82, 2.24) is 9.80 Å². The first kappa shape index (κ1) is 15.0. The van der Waals surface area contributed by atoms with Crippen LogP contribution in [0.2, 0.25) is 0 Å². The van der Waals surface area contributed by atoms with E-state index in [0.29, 0.717) is 0 Å². The van der Waals surface area contributed by atoms with Crippen molar-refractivity contribution in [3.63, 3.8) is 0 Å². The fourth-order valence-electron chi connectivity index (χ4n) is 3.87. The molecule has 3 heteroatoms. The average molecular weight is 266 g/mol. The third kappa shape index (κ3) is 4.03. The summed E-state index contributed by atoms with van der Waals surface area (Å²) >= 11 is 0. The lowest BCUT2D eigenvalue weighted by molar-refractivity contribution is -0.119. The highest BCUT2D eigenvalue weighted by Crippen LogP contribution is 2.38. The molecule has 2 aliphatic rings. The van der Waals surface area contributed by atoms with Crippen LogP contribution in [0.1, 0.15) is 39.0 Å². The Bertz CT molecular complexity index is 297. The van der Waals surface area contributed by atoms with E-state index in [2.05, 4.69) is 30.8 Å². The molecule has 1 unspecified atom stereocenters. The van der Waals surface area contributed by atoms with E-state index >= 15 is 0 Å². The topological polar surface area (TPSA) is 23.6 Å². The van der Waals surface area contributed by atoms with Gasteiger partial charge >= 0.3 is 0 Å². The van der Waals surface area contributed by atoms with Gasteiger partial charge in [-0.25, -0.2) is 0 Å². The highest BCUT2D eigenvalue weighted by Gasteiger charge is 2.35. The van der Waals surface area contributed by atoms with Gasteiger partial charge in [-0.3, -0.25) is 0 Å². The molecule has 1 saturated heterocycles. The minimum Gasteiger partial charge on any atom is -0.306 e. The molecule has 0 aromatic carbocycles. The van der Waals surface area contributed by atoms with Crippen molar-refractivity contribution in [1.29, 1.82) is 0 Å². The number of hydrogen-bond acceptors (Lipinski definition) is 3. The van der Waals surface area contributed by atoms with Gasteiger partial charge in [-0.05, 0) is 64.6 Å². The van der Waals surface area contributed by atoms with Gasteiger partial charge in [0.1, 0.15) is 6.29 Å². The molecule has 1 atom stereocenters. The first-order valence-electron chi connectivity index (χ1n) is 7.86. The highest BCUT2D eigenvalue weighted by atomic mass is 16.1. The van der Waals surface area contributed by atoms with Crippen molar-refractivity contribution >= 4 is 6.29 Å². The molecule has 1 aliphatic carbocycles. The largest absolute Gasteiger partial charge is 0.306 e. The lowest BCUT2D eigenvalue weighted by atomic mass is 9.71. The Morgan fingerprint density at radius 2 is 2.00 bits per heavy atom. The summed E-state index contributed by atoms with van der Waals surface area (Å²) in [5.74, 6) is 1.60. The standard InChI is InChI=1S/C16H30N2O/c1-14-4-7-16(13-19,8-5-14)12-18(3)11-15-6-9-17(2)10-15/h13-15H,4-12H2,1-3H3. The molecule has 1 aliphatic heterocycles. The van der Waals surface area contributed by atoms with Gasteiger partial charge in [0.15, 0.2) is 0 Å². The van der Waals surface area contributed by atoms with E-state index in [4.69, 9.17) is 0 Å². The molecule has 1 saturated carbocycles. The summed E-state index contributed by atoms with van der Waals surface area (Å²) in [6, 6.07) is 0. The molecule has 0 aromatic rings. The van der Waals surface area contributed by atoms with Crippen molar-refractivity contribution in [2.75, 3.05) is 40.3 Å². The van der Waals surface area contributed by atoms with Crippen molar-refractivity contribution in [3.8, 4) is 0 Å². The van der Waals surface area contributed by atoms with Crippen molar-refractivity contribution in [2.24, 2.45) is 17.3 Å². The Labute approximate surface area is 118 Å². The van der Waals surface area contributed by atoms with Crippen LogP contribution in [0.5, 0.6) is 0 Å². The summed E-state index contributed by atoms with van der Waals surface area (Å²) in [6.45, 7) is 6.87. The maximum atomic E-state index is 11.6. The second-order valence-electron chi connectivity index (χ2n) is 7.28. The number of rotatable bonds is 5. The highest BCUT2D eigenvalue weighted by molar-refractivity contribution is 5.60. The quantitative estimate of drug-likeness (QED) is 0.713. The van der Waals surface area contributed by atoms with Gasteiger partial charge in [0.05, 0.1) is 0 Å². The van der Waals surface area contributed by atoms with E-state index < -0.39 is 0 Å². The van der Waals surface area contributed by atoms with Gasteiger partial charge in [-0.15, -0.1) is 0 Å². The van der Waals surface area contributed by atoms with Crippen LogP contribution in [0.25, 0.3) is 0 Å². The smallest absolute Gasteiger partial charge is 0.127 e. The van der Waals surface area contributed by atoms with E-state index in [9.17, 15) is 4.79 Å². The summed E-state index contributed by atoms with van der Waals surface area (Å²) < 4.78 is 0. The average Bonchev–Trinajstić information content (AvgIpc) is 2.78. The van der Waals surface area contributed by atoms with Gasteiger partial charge in [0, 0.05) is 25.0 Å². The molecular weight excluding hydrogens is 236 g/mol. The number of carbonyl (C=O) groups excluding carboxylic acids is 1. The normalized spacial score (nSPS) is 36.8. The second-order valence-corrected chi connectivity index (χ2v) is 7.28. The fourth-order valence-corrected chi connectivity index (χ4v) is 3.87. The Morgan fingerprint density at radius 1 is 1.32 bits per heavy atom. The number of nitrogens with zero attached hydrogens (tertiary/aromatic N) is 2. The zero-order valence-electron chi connectivity index (χ0n) is 12.9. The Balaban J connectivity index is 1.82. The van der Waals surface area contributed by atoms with Gasteiger partial charge in [0.25, 0.3) is 0 Å². The van der Waals surface area contributed by atoms with Gasteiger partial charge in [-0.2, -0.15) is 0 Å². The fraction of sp³-hybridized carbons (Fsp3) is 0.938. The molecule has 0 aromatic heterocycles. The zero-order valence-corrected chi connectivity index (χ0v) is 12.9. The third-order valence-corrected chi connectivity index (χ3v) is 5.16. The third-order valence-electron chi connectivity index (χ3n) is 5.16. The minimum atomic E-state index is -0.0498. The molecule has 3 nitrogen and oxygen atoms in total. The van der Waals surface area contributed by atoms with Gasteiger partial charge in [0.2, 0.25) is 0 Å². The van der Waals surface area contributed by atoms with Crippen LogP contribution >= 0.6 is 0 Å². The lowest BCUT2D eigenvalue weighted by Gasteiger charge is -2.38. The van der Waals surface area contributed by atoms with E-state index in [1.807, 2.05) is 0 Å². The van der Waals surface area contributed by atoms with E-state index in [1.54, 1.807) is 0 Å². The summed E-state index contributed by atoms with van der Waals surface area (Å²) in [4.78, 5) is 16.4. The summed E-state index contributed by atoms with van der Waals surface area (Å²) in [5, 5.41) is 0. The van der Waals surface area contributed by atoms with Crippen molar-refractivity contribution in [3.05, 3.63) is 0 Å². The predicted molar refractivity (Wildman–Crippen MR) is 79.2 cm³/mol. The zero-order chi connectivity index (χ0) is 13.9. The molecule has 0 amide bonds. The number of likely N-dealkylation sites (tertiary alicyclic amines) is 1. The monoisotopic (exact) mass is 266 g/mol. The molecule has 0 bridgehead atoms. The minimum absolute atomic E-state index is 0.0498. The van der Waals surface area contributed by atoms with E-state index in [0.717, 1.165) is 37.8 Å². The lowest BCUT2D eigenvalue weighted by Crippen LogP contribution is -2.41. The molecule has 2 rings (SSSR count). The number of carbonyl (C=O) groups is 1. The van der Waals surface area contributed by atoms with Crippen LogP contribution in [0.4, 0.5) is 0 Å². The molecule has 0 spiro atoms. The first-order valence-corrected chi connectivity index (χ1v) is 7.86. The van der Waals surface area contributed by atoms with Crippen LogP contribution < -0.4 is 0 Å². The van der Waals surface area contributed by atoms with Crippen LogP contribution in [0, 0.1) is 17.3 Å². The molecule has 0 radical (unpaired) electrons. The Hall–Kier alpha value is -0.410. The van der Waals surface area contributed by atoms with Crippen molar-refractivity contribution < 1.29 is 4.79 Å². The summed E-state index contributed by atoms with van der Waals surface area (Å²) in [6.07, 6.45) is 7.19. The summed E-state index contributed by atoms with van der Waals surface area (Å²) in [5.41, 5.74) is -0.0498. The molecule has 19 heavy (non-hydrogen) atoms. The number of hydrogen-bond donors (Lipinski definition) is 0. The van der Waals surface area contributed by atoms with Crippen LogP contribution in [0.3, 0.4) is 0 Å².